The number of aromatic nitrogens is 4. The van der Waals surface area contributed by atoms with Crippen molar-refractivity contribution >= 4 is 28.7 Å². The van der Waals surface area contributed by atoms with Crippen molar-refractivity contribution in [2.75, 3.05) is 12.0 Å². The molecular formula is C16H16F2N5S+. The summed E-state index contributed by atoms with van der Waals surface area (Å²) in [7, 11) is 1.84. The number of hydrogen-bond acceptors (Lipinski definition) is 4. The Bertz CT molecular complexity index is 965. The molecule has 0 saturated heterocycles. The molecule has 1 aromatic carbocycles. The number of hydrogen-bond donors (Lipinski definition) is 1. The Balaban J connectivity index is 2.03. The van der Waals surface area contributed by atoms with E-state index in [9.17, 15) is 8.78 Å². The number of nitrogens with zero attached hydrogens (tertiary/aromatic N) is 4. The third kappa shape index (κ3) is 2.32. The summed E-state index contributed by atoms with van der Waals surface area (Å²) in [5.74, 6) is -1.13. The molecule has 1 aliphatic rings. The molecule has 2 heterocycles. The summed E-state index contributed by atoms with van der Waals surface area (Å²) in [5.41, 5.74) is 8.76. The molecule has 0 spiro atoms. The van der Waals surface area contributed by atoms with Crippen LogP contribution in [-0.4, -0.2) is 20.8 Å². The van der Waals surface area contributed by atoms with Crippen molar-refractivity contribution in [2.45, 2.75) is 23.9 Å². The first-order valence-electron chi connectivity index (χ1n) is 7.57. The molecule has 0 aliphatic heterocycles. The molecule has 0 unspecified atom stereocenters. The maximum absolute atomic E-state index is 13.9. The molecule has 4 rings (SSSR count). The van der Waals surface area contributed by atoms with Crippen LogP contribution < -0.4 is 10.3 Å². The highest BCUT2D eigenvalue weighted by Crippen LogP contribution is 2.43. The summed E-state index contributed by atoms with van der Waals surface area (Å²) in [6.45, 7) is 0. The van der Waals surface area contributed by atoms with E-state index in [0.29, 0.717) is 27.8 Å². The minimum atomic E-state index is -0.876. The van der Waals surface area contributed by atoms with Crippen molar-refractivity contribution in [1.29, 1.82) is 0 Å². The van der Waals surface area contributed by atoms with Gasteiger partial charge in [0.1, 0.15) is 5.69 Å². The van der Waals surface area contributed by atoms with Crippen LogP contribution in [0.25, 0.3) is 16.9 Å². The van der Waals surface area contributed by atoms with E-state index in [0.717, 1.165) is 18.4 Å². The van der Waals surface area contributed by atoms with Gasteiger partial charge in [0.25, 0.3) is 5.16 Å². The maximum atomic E-state index is 13.9. The molecule has 124 valence electrons. The van der Waals surface area contributed by atoms with Crippen LogP contribution in [0.1, 0.15) is 24.3 Å². The Labute approximate surface area is 141 Å². The number of nitrogen functional groups attached to an aromatic ring is 1. The summed E-state index contributed by atoms with van der Waals surface area (Å²) in [5, 5.41) is 0.570. The first kappa shape index (κ1) is 15.3. The van der Waals surface area contributed by atoms with E-state index in [1.807, 2.05) is 17.9 Å². The molecule has 0 radical (unpaired) electrons. The molecule has 24 heavy (non-hydrogen) atoms. The predicted molar refractivity (Wildman–Crippen MR) is 88.1 cm³/mol. The van der Waals surface area contributed by atoms with Gasteiger partial charge in [0, 0.05) is 6.07 Å². The topological polar surface area (TPSA) is 60.6 Å². The van der Waals surface area contributed by atoms with Crippen molar-refractivity contribution in [3.05, 3.63) is 35.7 Å². The van der Waals surface area contributed by atoms with Gasteiger partial charge < -0.3 is 5.73 Å². The van der Waals surface area contributed by atoms with Crippen LogP contribution in [0.2, 0.25) is 0 Å². The second-order valence-corrected chi connectivity index (χ2v) is 6.74. The van der Waals surface area contributed by atoms with Gasteiger partial charge in [-0.3, -0.25) is 0 Å². The van der Waals surface area contributed by atoms with Gasteiger partial charge in [0.05, 0.1) is 7.05 Å². The summed E-state index contributed by atoms with van der Waals surface area (Å²) in [4.78, 5) is 8.75. The second kappa shape index (κ2) is 5.41. The number of aryl methyl sites for hydroxylation is 1. The number of imidazole rings is 1. The van der Waals surface area contributed by atoms with Crippen molar-refractivity contribution in [3.8, 4) is 5.69 Å². The Morgan fingerprint density at radius 2 is 1.96 bits per heavy atom. The normalized spacial score (nSPS) is 14.5. The molecular weight excluding hydrogens is 332 g/mol. The minimum absolute atomic E-state index is 0.255. The van der Waals surface area contributed by atoms with Crippen LogP contribution in [-0.2, 0) is 7.05 Å². The fourth-order valence-corrected chi connectivity index (χ4v) is 3.32. The number of nitrogens with two attached hydrogens (primary N) is 1. The van der Waals surface area contributed by atoms with Crippen LogP contribution >= 0.6 is 11.8 Å². The van der Waals surface area contributed by atoms with Gasteiger partial charge in [0.2, 0.25) is 5.52 Å². The average molecular weight is 348 g/mol. The highest BCUT2D eigenvalue weighted by molar-refractivity contribution is 7.98. The summed E-state index contributed by atoms with van der Waals surface area (Å²) < 4.78 is 31.2. The number of fused-ring (bicyclic) bond motifs is 1. The van der Waals surface area contributed by atoms with Crippen LogP contribution in [0.3, 0.4) is 0 Å². The average Bonchev–Trinajstić information content (AvgIpc) is 3.34. The fraction of sp³-hybridized carbons (Fsp3) is 0.312. The van der Waals surface area contributed by atoms with Gasteiger partial charge in [-0.05, 0) is 36.6 Å². The van der Waals surface area contributed by atoms with E-state index in [4.69, 9.17) is 5.73 Å². The van der Waals surface area contributed by atoms with E-state index in [-0.39, 0.29) is 5.92 Å². The van der Waals surface area contributed by atoms with Gasteiger partial charge in [0.15, 0.2) is 23.8 Å². The van der Waals surface area contributed by atoms with Gasteiger partial charge in [-0.1, -0.05) is 16.7 Å². The second-order valence-electron chi connectivity index (χ2n) is 5.96. The third-order valence-electron chi connectivity index (χ3n) is 4.26. The van der Waals surface area contributed by atoms with Crippen LogP contribution in [0.4, 0.5) is 14.6 Å². The number of benzene rings is 1. The smallest absolute Gasteiger partial charge is 0.308 e. The van der Waals surface area contributed by atoms with E-state index >= 15 is 0 Å². The molecule has 1 saturated carbocycles. The molecule has 2 aromatic heterocycles. The lowest BCUT2D eigenvalue weighted by Gasteiger charge is -2.08. The Morgan fingerprint density at radius 3 is 2.62 bits per heavy atom. The zero-order chi connectivity index (χ0) is 17.0. The lowest BCUT2D eigenvalue weighted by atomic mass is 10.1. The van der Waals surface area contributed by atoms with E-state index < -0.39 is 11.6 Å². The number of rotatable bonds is 3. The molecule has 3 aromatic rings. The molecule has 1 fully saturated rings. The molecule has 0 atom stereocenters. The molecule has 8 heteroatoms. The first-order chi connectivity index (χ1) is 11.5. The van der Waals surface area contributed by atoms with Gasteiger partial charge in [-0.25, -0.2) is 17.9 Å². The lowest BCUT2D eigenvalue weighted by Crippen LogP contribution is -2.26. The Morgan fingerprint density at radius 1 is 1.25 bits per heavy atom. The van der Waals surface area contributed by atoms with Gasteiger partial charge in [-0.2, -0.15) is 4.98 Å². The summed E-state index contributed by atoms with van der Waals surface area (Å²) in [6, 6.07) is 2.52. The van der Waals surface area contributed by atoms with Gasteiger partial charge >= 0.3 is 5.65 Å². The molecule has 2 N–H and O–H groups in total. The Hall–Kier alpha value is -2.22. The highest BCUT2D eigenvalue weighted by atomic mass is 32.2. The molecule has 5 nitrogen and oxygen atoms in total. The van der Waals surface area contributed by atoms with Crippen molar-refractivity contribution in [1.82, 2.24) is 14.5 Å². The van der Waals surface area contributed by atoms with E-state index in [1.165, 1.54) is 23.9 Å². The van der Waals surface area contributed by atoms with E-state index in [1.54, 1.807) is 10.9 Å². The third-order valence-corrected chi connectivity index (χ3v) is 4.81. The minimum Gasteiger partial charge on any atom is -0.380 e. The number of thioether (sulfide) groups is 1. The monoisotopic (exact) mass is 348 g/mol. The zero-order valence-corrected chi connectivity index (χ0v) is 14.1. The molecule has 1 aliphatic carbocycles. The largest absolute Gasteiger partial charge is 0.380 e. The van der Waals surface area contributed by atoms with Crippen molar-refractivity contribution in [2.24, 2.45) is 7.05 Å². The van der Waals surface area contributed by atoms with Crippen LogP contribution in [0, 0.1) is 11.6 Å². The predicted octanol–water partition coefficient (Wildman–Crippen LogP) is 2.70. The fourth-order valence-electron chi connectivity index (χ4n) is 2.96. The SMILES string of the molecule is CSc1nc(N)c2c(n1)[n+](C)cn2-c1cc(F)c(F)cc1C1CC1. The highest BCUT2D eigenvalue weighted by Gasteiger charge is 2.31. The van der Waals surface area contributed by atoms with Crippen molar-refractivity contribution in [3.63, 3.8) is 0 Å². The Kier molecular flexibility index (Phi) is 3.45. The van der Waals surface area contributed by atoms with E-state index in [2.05, 4.69) is 9.97 Å². The molecule has 0 amide bonds. The summed E-state index contributed by atoms with van der Waals surface area (Å²) in [6.07, 6.45) is 5.61. The quantitative estimate of drug-likeness (QED) is 0.449. The van der Waals surface area contributed by atoms with Crippen LogP contribution in [0.15, 0.2) is 23.6 Å². The van der Waals surface area contributed by atoms with Crippen LogP contribution in [0.5, 0.6) is 0 Å². The number of halogens is 2. The molecule has 0 bridgehead atoms. The van der Waals surface area contributed by atoms with Crippen molar-refractivity contribution < 1.29 is 13.3 Å². The lowest BCUT2D eigenvalue weighted by molar-refractivity contribution is -0.647. The number of anilines is 1. The summed E-state index contributed by atoms with van der Waals surface area (Å²) >= 11 is 1.40. The van der Waals surface area contributed by atoms with Gasteiger partial charge in [-0.15, -0.1) is 0 Å². The standard InChI is InChI=1S/C16H16F2N5S/c1-22-7-23(13-14(19)20-16(24-2)21-15(13)22)12-6-11(18)10(17)5-9(12)8-3-4-8/h5-8H,3-4H2,1-2H3,(H2,19,20,21)/q+1. The maximum Gasteiger partial charge on any atom is 0.308 e. The zero-order valence-electron chi connectivity index (χ0n) is 13.3. The first-order valence-corrected chi connectivity index (χ1v) is 8.79.